The van der Waals surface area contributed by atoms with Crippen molar-refractivity contribution in [3.05, 3.63) is 64.6 Å². The SMILES string of the molecule is COc1cccc(NC(=O)CCCn2nc(C)c3sc4ccccc4c3c2=O)c1. The van der Waals surface area contributed by atoms with E-state index in [2.05, 4.69) is 10.4 Å². The molecule has 2 aromatic heterocycles. The summed E-state index contributed by atoms with van der Waals surface area (Å²) in [5, 5.41) is 9.01. The molecular weight excluding hydrogens is 386 g/mol. The second-order valence-electron chi connectivity index (χ2n) is 6.80. The number of aromatic nitrogens is 2. The Labute approximate surface area is 171 Å². The molecule has 4 aromatic rings. The highest BCUT2D eigenvalue weighted by Gasteiger charge is 2.14. The average Bonchev–Trinajstić information content (AvgIpc) is 3.12. The van der Waals surface area contributed by atoms with Crippen LogP contribution in [-0.4, -0.2) is 22.8 Å². The lowest BCUT2D eigenvalue weighted by Crippen LogP contribution is -2.24. The maximum Gasteiger partial charge on any atom is 0.276 e. The first-order chi connectivity index (χ1) is 14.1. The summed E-state index contributed by atoms with van der Waals surface area (Å²) in [7, 11) is 1.58. The Bertz CT molecular complexity index is 1260. The summed E-state index contributed by atoms with van der Waals surface area (Å²) in [4.78, 5) is 25.2. The van der Waals surface area contributed by atoms with Crippen LogP contribution in [0.4, 0.5) is 5.69 Å². The van der Waals surface area contributed by atoms with Crippen LogP contribution in [0.5, 0.6) is 5.75 Å². The first-order valence-corrected chi connectivity index (χ1v) is 10.2. The molecule has 6 nitrogen and oxygen atoms in total. The van der Waals surface area contributed by atoms with Crippen LogP contribution in [0, 0.1) is 6.92 Å². The fourth-order valence-electron chi connectivity index (χ4n) is 3.38. The van der Waals surface area contributed by atoms with Crippen LogP contribution in [0.3, 0.4) is 0 Å². The van der Waals surface area contributed by atoms with Crippen LogP contribution in [0.1, 0.15) is 18.5 Å². The number of rotatable bonds is 6. The molecule has 2 heterocycles. The third-order valence-electron chi connectivity index (χ3n) is 4.77. The van der Waals surface area contributed by atoms with Gasteiger partial charge in [0.15, 0.2) is 0 Å². The van der Waals surface area contributed by atoms with E-state index in [1.807, 2.05) is 49.4 Å². The largest absolute Gasteiger partial charge is 0.497 e. The summed E-state index contributed by atoms with van der Waals surface area (Å²) in [6.07, 6.45) is 0.822. The van der Waals surface area contributed by atoms with Gasteiger partial charge in [0.2, 0.25) is 5.91 Å². The van der Waals surface area contributed by atoms with E-state index in [9.17, 15) is 9.59 Å². The fraction of sp³-hybridized carbons (Fsp3) is 0.227. The number of ether oxygens (including phenoxy) is 1. The smallest absolute Gasteiger partial charge is 0.276 e. The minimum Gasteiger partial charge on any atom is -0.497 e. The topological polar surface area (TPSA) is 73.2 Å². The highest BCUT2D eigenvalue weighted by molar-refractivity contribution is 7.26. The molecule has 7 heteroatoms. The van der Waals surface area contributed by atoms with Gasteiger partial charge in [-0.25, -0.2) is 4.68 Å². The molecule has 0 aliphatic rings. The molecule has 0 unspecified atom stereocenters. The van der Waals surface area contributed by atoms with Gasteiger partial charge in [-0.1, -0.05) is 24.3 Å². The second-order valence-corrected chi connectivity index (χ2v) is 7.85. The summed E-state index contributed by atoms with van der Waals surface area (Å²) in [5.41, 5.74) is 1.42. The maximum absolute atomic E-state index is 13.0. The molecule has 29 heavy (non-hydrogen) atoms. The number of fused-ring (bicyclic) bond motifs is 3. The van der Waals surface area contributed by atoms with E-state index in [0.29, 0.717) is 30.8 Å². The van der Waals surface area contributed by atoms with Crippen molar-refractivity contribution < 1.29 is 9.53 Å². The van der Waals surface area contributed by atoms with Crippen LogP contribution < -0.4 is 15.6 Å². The fourth-order valence-corrected chi connectivity index (χ4v) is 4.51. The third-order valence-corrected chi connectivity index (χ3v) is 6.05. The zero-order chi connectivity index (χ0) is 20.4. The van der Waals surface area contributed by atoms with Gasteiger partial charge < -0.3 is 10.1 Å². The Morgan fingerprint density at radius 2 is 2.03 bits per heavy atom. The normalized spacial score (nSPS) is 11.1. The lowest BCUT2D eigenvalue weighted by atomic mass is 10.2. The number of carbonyl (C=O) groups excluding carboxylic acids is 1. The van der Waals surface area contributed by atoms with Crippen molar-refractivity contribution in [3.63, 3.8) is 0 Å². The van der Waals surface area contributed by atoms with Crippen molar-refractivity contribution in [2.75, 3.05) is 12.4 Å². The molecule has 0 fully saturated rings. The van der Waals surface area contributed by atoms with Crippen LogP contribution in [-0.2, 0) is 11.3 Å². The molecular formula is C22H21N3O3S. The lowest BCUT2D eigenvalue weighted by Gasteiger charge is -2.08. The van der Waals surface area contributed by atoms with Gasteiger partial charge in [-0.2, -0.15) is 5.10 Å². The number of nitrogens with one attached hydrogen (secondary N) is 1. The van der Waals surface area contributed by atoms with Gasteiger partial charge in [-0.15, -0.1) is 11.3 Å². The number of benzene rings is 2. The van der Waals surface area contributed by atoms with Crippen molar-refractivity contribution in [3.8, 4) is 5.75 Å². The van der Waals surface area contributed by atoms with Crippen LogP contribution in [0.25, 0.3) is 20.2 Å². The molecule has 0 aliphatic heterocycles. The quantitative estimate of drug-likeness (QED) is 0.516. The summed E-state index contributed by atoms with van der Waals surface area (Å²) in [6, 6.07) is 15.1. The predicted molar refractivity (Wildman–Crippen MR) is 117 cm³/mol. The number of thiophene rings is 1. The maximum atomic E-state index is 13.0. The number of hydrogen-bond acceptors (Lipinski definition) is 5. The molecule has 0 saturated carbocycles. The van der Waals surface area contributed by atoms with E-state index < -0.39 is 0 Å². The number of aryl methyl sites for hydroxylation is 2. The molecule has 148 valence electrons. The zero-order valence-electron chi connectivity index (χ0n) is 16.3. The Morgan fingerprint density at radius 3 is 2.86 bits per heavy atom. The van der Waals surface area contributed by atoms with Gasteiger partial charge in [0.1, 0.15) is 5.75 Å². The lowest BCUT2D eigenvalue weighted by molar-refractivity contribution is -0.116. The molecule has 0 spiro atoms. The van der Waals surface area contributed by atoms with E-state index in [1.165, 1.54) is 4.68 Å². The minimum absolute atomic E-state index is 0.101. The molecule has 0 saturated heterocycles. The standard InChI is InChI=1S/C22H21N3O3S/c1-14-21-20(17-9-3-4-10-18(17)29-21)22(27)25(24-14)12-6-11-19(26)23-15-7-5-8-16(13-15)28-2/h3-5,7-10,13H,6,11-12H2,1-2H3,(H,23,26). The number of amides is 1. The van der Waals surface area contributed by atoms with Crippen molar-refractivity contribution in [2.24, 2.45) is 0 Å². The molecule has 0 aliphatic carbocycles. The minimum atomic E-state index is -0.106. The number of methoxy groups -OCH3 is 1. The highest BCUT2D eigenvalue weighted by Crippen LogP contribution is 2.32. The van der Waals surface area contributed by atoms with Gasteiger partial charge in [-0.3, -0.25) is 9.59 Å². The van der Waals surface area contributed by atoms with Crippen LogP contribution >= 0.6 is 11.3 Å². The van der Waals surface area contributed by atoms with Crippen molar-refractivity contribution >= 4 is 43.1 Å². The van der Waals surface area contributed by atoms with Crippen molar-refractivity contribution in [1.29, 1.82) is 0 Å². The summed E-state index contributed by atoms with van der Waals surface area (Å²) >= 11 is 1.59. The molecule has 1 amide bonds. The van der Waals surface area contributed by atoms with E-state index in [0.717, 1.165) is 25.9 Å². The predicted octanol–water partition coefficient (Wildman–Crippen LogP) is 4.35. The number of carbonyl (C=O) groups is 1. The number of hydrogen-bond donors (Lipinski definition) is 1. The van der Waals surface area contributed by atoms with Crippen LogP contribution in [0.15, 0.2) is 53.3 Å². The Hall–Kier alpha value is -3.19. The summed E-state index contributed by atoms with van der Waals surface area (Å²) in [5.74, 6) is 0.579. The molecule has 0 radical (unpaired) electrons. The van der Waals surface area contributed by atoms with E-state index in [4.69, 9.17) is 4.74 Å². The van der Waals surface area contributed by atoms with E-state index in [-0.39, 0.29) is 11.5 Å². The molecule has 0 bridgehead atoms. The Morgan fingerprint density at radius 1 is 1.21 bits per heavy atom. The van der Waals surface area contributed by atoms with Gasteiger partial charge >= 0.3 is 0 Å². The average molecular weight is 407 g/mol. The third kappa shape index (κ3) is 3.86. The Kier molecular flexibility index (Phi) is 5.31. The van der Waals surface area contributed by atoms with Crippen molar-refractivity contribution in [2.45, 2.75) is 26.3 Å². The van der Waals surface area contributed by atoms with Gasteiger partial charge in [0.05, 0.1) is 22.9 Å². The monoisotopic (exact) mass is 407 g/mol. The summed E-state index contributed by atoms with van der Waals surface area (Å²) in [6.45, 7) is 2.31. The molecule has 2 aromatic carbocycles. The van der Waals surface area contributed by atoms with Gasteiger partial charge in [0, 0.05) is 34.8 Å². The van der Waals surface area contributed by atoms with Gasteiger partial charge in [0.25, 0.3) is 5.56 Å². The second kappa shape index (κ2) is 8.05. The first kappa shape index (κ1) is 19.1. The van der Waals surface area contributed by atoms with Gasteiger partial charge in [-0.05, 0) is 31.5 Å². The van der Waals surface area contributed by atoms with Crippen LogP contribution in [0.2, 0.25) is 0 Å². The van der Waals surface area contributed by atoms with E-state index in [1.54, 1.807) is 24.5 Å². The zero-order valence-corrected chi connectivity index (χ0v) is 17.1. The Balaban J connectivity index is 1.48. The highest BCUT2D eigenvalue weighted by atomic mass is 32.1. The molecule has 0 atom stereocenters. The first-order valence-electron chi connectivity index (χ1n) is 9.39. The van der Waals surface area contributed by atoms with E-state index >= 15 is 0 Å². The van der Waals surface area contributed by atoms with Crippen molar-refractivity contribution in [1.82, 2.24) is 9.78 Å². The number of nitrogens with zero attached hydrogens (tertiary/aromatic N) is 2. The summed E-state index contributed by atoms with van der Waals surface area (Å²) < 4.78 is 8.66. The molecule has 1 N–H and O–H groups in total. The number of anilines is 1. The molecule has 4 rings (SSSR count).